The van der Waals surface area contributed by atoms with E-state index in [1.165, 1.54) is 18.4 Å². The summed E-state index contributed by atoms with van der Waals surface area (Å²) in [5.41, 5.74) is 3.18. The van der Waals surface area contributed by atoms with Crippen molar-refractivity contribution in [1.82, 2.24) is 14.9 Å². The SMILES string of the molecule is CN(C)CCCCc1ccc(-c2ccccn2)nc1. The van der Waals surface area contributed by atoms with Gasteiger partial charge in [-0.3, -0.25) is 9.97 Å². The lowest BCUT2D eigenvalue weighted by Crippen LogP contribution is -2.12. The fraction of sp³-hybridized carbons (Fsp3) is 0.375. The summed E-state index contributed by atoms with van der Waals surface area (Å²) in [6.07, 6.45) is 7.31. The van der Waals surface area contributed by atoms with E-state index in [-0.39, 0.29) is 0 Å². The maximum Gasteiger partial charge on any atom is 0.0886 e. The van der Waals surface area contributed by atoms with E-state index in [2.05, 4.69) is 41.1 Å². The molecule has 2 rings (SSSR count). The van der Waals surface area contributed by atoms with Crippen LogP contribution in [0.3, 0.4) is 0 Å². The molecule has 0 spiro atoms. The molecule has 2 heterocycles. The molecule has 0 radical (unpaired) electrons. The van der Waals surface area contributed by atoms with Gasteiger partial charge in [-0.2, -0.15) is 0 Å². The Labute approximate surface area is 115 Å². The zero-order valence-electron chi connectivity index (χ0n) is 11.7. The Morgan fingerprint density at radius 2 is 1.79 bits per heavy atom. The van der Waals surface area contributed by atoms with E-state index < -0.39 is 0 Å². The minimum atomic E-state index is 0.932. The highest BCUT2D eigenvalue weighted by atomic mass is 15.0. The van der Waals surface area contributed by atoms with Crippen LogP contribution in [0.1, 0.15) is 18.4 Å². The summed E-state index contributed by atoms with van der Waals surface area (Å²) in [4.78, 5) is 11.0. The summed E-state index contributed by atoms with van der Waals surface area (Å²) in [7, 11) is 4.23. The van der Waals surface area contributed by atoms with Crippen LogP contribution < -0.4 is 0 Å². The average Bonchev–Trinajstić information content (AvgIpc) is 2.45. The number of pyridine rings is 2. The van der Waals surface area contributed by atoms with Gasteiger partial charge in [0.25, 0.3) is 0 Å². The number of nitrogens with zero attached hydrogens (tertiary/aromatic N) is 3. The summed E-state index contributed by atoms with van der Waals surface area (Å²) in [6, 6.07) is 10.1. The lowest BCUT2D eigenvalue weighted by Gasteiger charge is -2.08. The van der Waals surface area contributed by atoms with Crippen molar-refractivity contribution in [3.63, 3.8) is 0 Å². The van der Waals surface area contributed by atoms with Crippen LogP contribution in [0.4, 0.5) is 0 Å². The van der Waals surface area contributed by atoms with Gasteiger partial charge in [-0.15, -0.1) is 0 Å². The third-order valence-corrected chi connectivity index (χ3v) is 3.07. The van der Waals surface area contributed by atoms with E-state index in [4.69, 9.17) is 0 Å². The topological polar surface area (TPSA) is 29.0 Å². The molecule has 0 aliphatic rings. The molecular weight excluding hydrogens is 234 g/mol. The van der Waals surface area contributed by atoms with Crippen molar-refractivity contribution in [2.45, 2.75) is 19.3 Å². The van der Waals surface area contributed by atoms with Crippen molar-refractivity contribution < 1.29 is 0 Å². The van der Waals surface area contributed by atoms with Crippen molar-refractivity contribution >= 4 is 0 Å². The van der Waals surface area contributed by atoms with E-state index in [1.54, 1.807) is 6.20 Å². The van der Waals surface area contributed by atoms with Crippen molar-refractivity contribution in [1.29, 1.82) is 0 Å². The molecule has 0 bridgehead atoms. The summed E-state index contributed by atoms with van der Waals surface area (Å²) in [5.74, 6) is 0. The summed E-state index contributed by atoms with van der Waals surface area (Å²) in [6.45, 7) is 1.15. The zero-order valence-corrected chi connectivity index (χ0v) is 11.7. The van der Waals surface area contributed by atoms with Crippen molar-refractivity contribution in [2.24, 2.45) is 0 Å². The fourth-order valence-electron chi connectivity index (χ4n) is 2.00. The predicted molar refractivity (Wildman–Crippen MR) is 79.0 cm³/mol. The molecule has 0 atom stereocenters. The average molecular weight is 255 g/mol. The maximum atomic E-state index is 4.49. The van der Waals surface area contributed by atoms with Gasteiger partial charge in [0.1, 0.15) is 0 Å². The Balaban J connectivity index is 1.88. The molecule has 0 saturated carbocycles. The fourth-order valence-corrected chi connectivity index (χ4v) is 2.00. The third kappa shape index (κ3) is 4.45. The van der Waals surface area contributed by atoms with Gasteiger partial charge in [-0.25, -0.2) is 0 Å². The third-order valence-electron chi connectivity index (χ3n) is 3.07. The van der Waals surface area contributed by atoms with Gasteiger partial charge in [0, 0.05) is 12.4 Å². The second-order valence-electron chi connectivity index (χ2n) is 5.03. The van der Waals surface area contributed by atoms with E-state index in [9.17, 15) is 0 Å². The van der Waals surface area contributed by atoms with Crippen LogP contribution in [0.25, 0.3) is 11.4 Å². The first-order valence-corrected chi connectivity index (χ1v) is 6.77. The first-order valence-electron chi connectivity index (χ1n) is 6.77. The molecule has 2 aromatic rings. The standard InChI is InChI=1S/C16H21N3/c1-19(2)12-6-4-7-14-9-10-16(18-13-14)15-8-3-5-11-17-15/h3,5,8-11,13H,4,6-7,12H2,1-2H3. The van der Waals surface area contributed by atoms with E-state index >= 15 is 0 Å². The Bertz CT molecular complexity index is 477. The molecule has 0 saturated heterocycles. The highest BCUT2D eigenvalue weighted by Crippen LogP contribution is 2.14. The van der Waals surface area contributed by atoms with Gasteiger partial charge in [0.2, 0.25) is 0 Å². The number of hydrogen-bond donors (Lipinski definition) is 0. The van der Waals surface area contributed by atoms with Crippen LogP contribution in [-0.2, 0) is 6.42 Å². The molecule has 3 heteroatoms. The molecular formula is C16H21N3. The molecule has 0 unspecified atom stereocenters. The number of aryl methyl sites for hydroxylation is 1. The first-order chi connectivity index (χ1) is 9.25. The van der Waals surface area contributed by atoms with E-state index in [0.29, 0.717) is 0 Å². The molecule has 0 N–H and O–H groups in total. The normalized spacial score (nSPS) is 10.9. The number of unbranched alkanes of at least 4 members (excludes halogenated alkanes) is 1. The molecule has 3 nitrogen and oxygen atoms in total. The smallest absolute Gasteiger partial charge is 0.0886 e. The summed E-state index contributed by atoms with van der Waals surface area (Å²) >= 11 is 0. The van der Waals surface area contributed by atoms with Gasteiger partial charge < -0.3 is 4.90 Å². The Morgan fingerprint density at radius 1 is 0.947 bits per heavy atom. The lowest BCUT2D eigenvalue weighted by molar-refractivity contribution is 0.394. The molecule has 100 valence electrons. The number of hydrogen-bond acceptors (Lipinski definition) is 3. The van der Waals surface area contributed by atoms with E-state index in [1.807, 2.05) is 24.4 Å². The molecule has 0 aliphatic heterocycles. The maximum absolute atomic E-state index is 4.49. The lowest BCUT2D eigenvalue weighted by atomic mass is 10.1. The van der Waals surface area contributed by atoms with Gasteiger partial charge >= 0.3 is 0 Å². The van der Waals surface area contributed by atoms with Crippen LogP contribution in [0, 0.1) is 0 Å². The minimum Gasteiger partial charge on any atom is -0.309 e. The van der Waals surface area contributed by atoms with Crippen molar-refractivity contribution in [2.75, 3.05) is 20.6 Å². The minimum absolute atomic E-state index is 0.932. The molecule has 0 amide bonds. The van der Waals surface area contributed by atoms with Crippen LogP contribution in [0.15, 0.2) is 42.7 Å². The Hall–Kier alpha value is -1.74. The van der Waals surface area contributed by atoms with Gasteiger partial charge in [0.05, 0.1) is 11.4 Å². The second kappa shape index (κ2) is 7.00. The van der Waals surface area contributed by atoms with Crippen LogP contribution in [-0.4, -0.2) is 35.5 Å². The van der Waals surface area contributed by atoms with Crippen LogP contribution >= 0.6 is 0 Å². The highest BCUT2D eigenvalue weighted by Gasteiger charge is 2.00. The molecule has 0 aliphatic carbocycles. The molecule has 2 aromatic heterocycles. The Kier molecular flexibility index (Phi) is 5.04. The van der Waals surface area contributed by atoms with Gasteiger partial charge in [-0.1, -0.05) is 12.1 Å². The largest absolute Gasteiger partial charge is 0.309 e. The Morgan fingerprint density at radius 3 is 2.42 bits per heavy atom. The van der Waals surface area contributed by atoms with Crippen LogP contribution in [0.5, 0.6) is 0 Å². The zero-order chi connectivity index (χ0) is 13.5. The highest BCUT2D eigenvalue weighted by molar-refractivity contribution is 5.53. The molecule has 0 aromatic carbocycles. The van der Waals surface area contributed by atoms with Crippen molar-refractivity contribution in [3.05, 3.63) is 48.3 Å². The molecule has 0 fully saturated rings. The quantitative estimate of drug-likeness (QED) is 0.743. The summed E-state index contributed by atoms with van der Waals surface area (Å²) < 4.78 is 0. The number of aromatic nitrogens is 2. The first kappa shape index (κ1) is 13.7. The monoisotopic (exact) mass is 255 g/mol. The summed E-state index contributed by atoms with van der Waals surface area (Å²) in [5, 5.41) is 0. The van der Waals surface area contributed by atoms with Gasteiger partial charge in [0.15, 0.2) is 0 Å². The van der Waals surface area contributed by atoms with Crippen LogP contribution in [0.2, 0.25) is 0 Å². The van der Waals surface area contributed by atoms with E-state index in [0.717, 1.165) is 24.4 Å². The molecule has 19 heavy (non-hydrogen) atoms. The predicted octanol–water partition coefficient (Wildman–Crippen LogP) is 3.03. The van der Waals surface area contributed by atoms with Gasteiger partial charge in [-0.05, 0) is 63.7 Å². The van der Waals surface area contributed by atoms with Crippen molar-refractivity contribution in [3.8, 4) is 11.4 Å². The second-order valence-corrected chi connectivity index (χ2v) is 5.03. The number of rotatable bonds is 6.